The number of nitrogens with two attached hydrogens (primary N) is 1. The number of halogens is 3. The van der Waals surface area contributed by atoms with E-state index in [2.05, 4.69) is 9.73 Å². The molecule has 2 aliphatic rings. The van der Waals surface area contributed by atoms with Gasteiger partial charge < -0.3 is 25.4 Å². The Morgan fingerprint density at radius 1 is 1.41 bits per heavy atom. The normalized spacial score (nSPS) is 41.8. The molecule has 0 aromatic rings. The summed E-state index contributed by atoms with van der Waals surface area (Å²) >= 11 is 0. The highest BCUT2D eigenvalue weighted by molar-refractivity contribution is 5.83. The Morgan fingerprint density at radius 2 is 2.06 bits per heavy atom. The summed E-state index contributed by atoms with van der Waals surface area (Å²) in [5.41, 5.74) is 5.54. The van der Waals surface area contributed by atoms with Crippen molar-refractivity contribution in [1.29, 1.82) is 0 Å². The van der Waals surface area contributed by atoms with Gasteiger partial charge in [-0.25, -0.2) is 4.99 Å². The molecule has 6 nitrogen and oxygen atoms in total. The molecule has 17 heavy (non-hydrogen) atoms. The molecule has 2 aliphatic heterocycles. The molecular weight excluding hydrogens is 245 g/mol. The summed E-state index contributed by atoms with van der Waals surface area (Å²) in [6.07, 6.45) is -8.41. The van der Waals surface area contributed by atoms with Crippen LogP contribution in [0.4, 0.5) is 13.2 Å². The van der Waals surface area contributed by atoms with Crippen molar-refractivity contribution >= 4 is 5.90 Å². The van der Waals surface area contributed by atoms with Crippen LogP contribution in [-0.4, -0.2) is 59.5 Å². The van der Waals surface area contributed by atoms with Gasteiger partial charge in [-0.1, -0.05) is 0 Å². The van der Waals surface area contributed by atoms with Crippen molar-refractivity contribution < 1.29 is 32.9 Å². The predicted molar refractivity (Wildman–Crippen MR) is 48.1 cm³/mol. The Labute approximate surface area is 93.8 Å². The van der Waals surface area contributed by atoms with Crippen LogP contribution in [0.15, 0.2) is 4.99 Å². The van der Waals surface area contributed by atoms with Crippen LogP contribution in [0, 0.1) is 0 Å². The molecule has 1 saturated heterocycles. The Kier molecular flexibility index (Phi) is 3.02. The van der Waals surface area contributed by atoms with E-state index in [1.165, 1.54) is 0 Å². The van der Waals surface area contributed by atoms with Gasteiger partial charge in [-0.15, -0.1) is 0 Å². The molecule has 0 aromatic heterocycles. The zero-order valence-corrected chi connectivity index (χ0v) is 8.46. The van der Waals surface area contributed by atoms with E-state index in [-0.39, 0.29) is 0 Å². The molecular formula is C8H11F3N2O4. The number of ether oxygens (including phenoxy) is 2. The van der Waals surface area contributed by atoms with E-state index in [0.717, 1.165) is 0 Å². The van der Waals surface area contributed by atoms with E-state index in [4.69, 9.17) is 15.6 Å². The Hall–Kier alpha value is -0.900. The molecule has 0 amide bonds. The minimum atomic E-state index is -4.72. The van der Waals surface area contributed by atoms with Crippen molar-refractivity contribution in [2.75, 3.05) is 6.61 Å². The number of aliphatic hydroxyl groups excluding tert-OH is 2. The van der Waals surface area contributed by atoms with Crippen LogP contribution >= 0.6 is 0 Å². The van der Waals surface area contributed by atoms with Gasteiger partial charge in [0.25, 0.3) is 5.90 Å². The van der Waals surface area contributed by atoms with Gasteiger partial charge in [0.15, 0.2) is 0 Å². The van der Waals surface area contributed by atoms with Crippen LogP contribution in [-0.2, 0) is 9.47 Å². The van der Waals surface area contributed by atoms with Crippen molar-refractivity contribution in [2.24, 2.45) is 10.7 Å². The van der Waals surface area contributed by atoms with Crippen molar-refractivity contribution in [3.8, 4) is 0 Å². The molecule has 4 N–H and O–H groups in total. The van der Waals surface area contributed by atoms with Crippen LogP contribution in [0.1, 0.15) is 0 Å². The number of alkyl halides is 3. The van der Waals surface area contributed by atoms with E-state index in [1.54, 1.807) is 0 Å². The quantitative estimate of drug-likeness (QED) is 0.544. The SMILES string of the molecule is N[C@H]1[C@@H](O)[C@@H](CO)O[C@H]2OC(C(F)(F)F)=N[C@H]21. The largest absolute Gasteiger partial charge is 0.468 e. The lowest BCUT2D eigenvalue weighted by atomic mass is 9.96. The first-order valence-corrected chi connectivity index (χ1v) is 4.86. The minimum absolute atomic E-state index is 0.567. The molecule has 2 rings (SSSR count). The van der Waals surface area contributed by atoms with E-state index >= 15 is 0 Å². The summed E-state index contributed by atoms with van der Waals surface area (Å²) in [5, 5.41) is 18.4. The second-order valence-electron chi connectivity index (χ2n) is 3.83. The van der Waals surface area contributed by atoms with Gasteiger partial charge in [-0.2, -0.15) is 13.2 Å². The second-order valence-corrected chi connectivity index (χ2v) is 3.83. The average molecular weight is 256 g/mol. The summed E-state index contributed by atoms with van der Waals surface area (Å²) in [5.74, 6) is -1.42. The van der Waals surface area contributed by atoms with Gasteiger partial charge in [0.05, 0.1) is 18.8 Å². The third-order valence-electron chi connectivity index (χ3n) is 2.67. The molecule has 2 heterocycles. The van der Waals surface area contributed by atoms with Crippen LogP contribution in [0.25, 0.3) is 0 Å². The van der Waals surface area contributed by atoms with E-state index in [9.17, 15) is 18.3 Å². The summed E-state index contributed by atoms with van der Waals surface area (Å²) in [4.78, 5) is 3.26. The van der Waals surface area contributed by atoms with Gasteiger partial charge in [0.1, 0.15) is 12.1 Å². The number of rotatable bonds is 1. The maximum absolute atomic E-state index is 12.3. The lowest BCUT2D eigenvalue weighted by molar-refractivity contribution is -0.212. The molecule has 5 atom stereocenters. The van der Waals surface area contributed by atoms with Gasteiger partial charge in [-0.3, -0.25) is 0 Å². The fourth-order valence-electron chi connectivity index (χ4n) is 1.78. The highest BCUT2D eigenvalue weighted by atomic mass is 19.4. The molecule has 0 spiro atoms. The van der Waals surface area contributed by atoms with Crippen LogP contribution in [0.3, 0.4) is 0 Å². The molecule has 0 aromatic carbocycles. The lowest BCUT2D eigenvalue weighted by Crippen LogP contribution is -2.60. The number of aliphatic imine (C=N–C) groups is 1. The van der Waals surface area contributed by atoms with E-state index in [1.807, 2.05) is 0 Å². The van der Waals surface area contributed by atoms with Crippen molar-refractivity contribution in [3.05, 3.63) is 0 Å². The molecule has 1 fully saturated rings. The second kappa shape index (κ2) is 4.09. The van der Waals surface area contributed by atoms with E-state index in [0.29, 0.717) is 0 Å². The van der Waals surface area contributed by atoms with Crippen LogP contribution in [0.5, 0.6) is 0 Å². The fourth-order valence-corrected chi connectivity index (χ4v) is 1.78. The molecule has 9 heteroatoms. The summed E-state index contributed by atoms with van der Waals surface area (Å²) in [7, 11) is 0. The Morgan fingerprint density at radius 3 is 2.59 bits per heavy atom. The Balaban J connectivity index is 2.18. The maximum atomic E-state index is 12.3. The summed E-state index contributed by atoms with van der Waals surface area (Å²) in [6, 6.07) is -2.20. The predicted octanol–water partition coefficient (Wildman–Crippen LogP) is -1.25. The topological polar surface area (TPSA) is 97.3 Å². The van der Waals surface area contributed by atoms with Crippen molar-refractivity contribution in [2.45, 2.75) is 36.8 Å². The van der Waals surface area contributed by atoms with Crippen molar-refractivity contribution in [3.63, 3.8) is 0 Å². The number of aliphatic hydroxyl groups is 2. The molecule has 0 saturated carbocycles. The van der Waals surface area contributed by atoms with Crippen LogP contribution < -0.4 is 5.73 Å². The highest BCUT2D eigenvalue weighted by Gasteiger charge is 2.53. The first-order chi connectivity index (χ1) is 7.84. The standard InChI is InChI=1S/C8H11F3N2O4/c9-8(10,11)7-13-4-3(12)5(15)2(1-14)16-6(4)17-7/h2-6,14-15H,1,12H2/t2-,3-,4+,5+,6+/m1/s1. The monoisotopic (exact) mass is 256 g/mol. The van der Waals surface area contributed by atoms with Crippen LogP contribution in [0.2, 0.25) is 0 Å². The molecule has 0 bridgehead atoms. The summed E-state index contributed by atoms with van der Waals surface area (Å²) < 4.78 is 46.5. The van der Waals surface area contributed by atoms with Crippen molar-refractivity contribution in [1.82, 2.24) is 0 Å². The number of nitrogens with zero attached hydrogens (tertiary/aromatic N) is 1. The molecule has 0 unspecified atom stereocenters. The third kappa shape index (κ3) is 2.10. The van der Waals surface area contributed by atoms with Gasteiger partial charge >= 0.3 is 6.18 Å². The van der Waals surface area contributed by atoms with E-state index < -0.39 is 49.3 Å². The first-order valence-electron chi connectivity index (χ1n) is 4.86. The molecule has 98 valence electrons. The smallest absolute Gasteiger partial charge is 0.442 e. The maximum Gasteiger partial charge on any atom is 0.468 e. The first kappa shape index (κ1) is 12.6. The van der Waals surface area contributed by atoms with Gasteiger partial charge in [0, 0.05) is 0 Å². The van der Waals surface area contributed by atoms with Gasteiger partial charge in [0.2, 0.25) is 6.29 Å². The number of hydrogen-bond donors (Lipinski definition) is 3. The number of fused-ring (bicyclic) bond motifs is 1. The third-order valence-corrected chi connectivity index (χ3v) is 2.67. The zero-order chi connectivity index (χ0) is 12.8. The molecule has 0 radical (unpaired) electrons. The lowest BCUT2D eigenvalue weighted by Gasteiger charge is -2.37. The minimum Gasteiger partial charge on any atom is -0.442 e. The van der Waals surface area contributed by atoms with Gasteiger partial charge in [-0.05, 0) is 0 Å². The number of hydrogen-bond acceptors (Lipinski definition) is 6. The zero-order valence-electron chi connectivity index (χ0n) is 8.46. The molecule has 0 aliphatic carbocycles. The fraction of sp³-hybridized carbons (Fsp3) is 0.875. The highest BCUT2D eigenvalue weighted by Crippen LogP contribution is 2.32. The summed E-state index contributed by atoms with van der Waals surface area (Å²) in [6.45, 7) is -0.567. The average Bonchev–Trinajstić information content (AvgIpc) is 2.67. The Bertz CT molecular complexity index is 335.